The molecule has 0 fully saturated rings. The van der Waals surface area contributed by atoms with Crippen molar-refractivity contribution in [1.82, 2.24) is 0 Å². The molecule has 0 aliphatic rings. The van der Waals surface area contributed by atoms with E-state index >= 15 is 0 Å². The number of hydrogen-bond acceptors (Lipinski definition) is 3. The van der Waals surface area contributed by atoms with E-state index < -0.39 is 7.60 Å². The van der Waals surface area contributed by atoms with Crippen LogP contribution < -0.4 is 0 Å². The highest BCUT2D eigenvalue weighted by Crippen LogP contribution is 2.60. The van der Waals surface area contributed by atoms with Crippen LogP contribution in [0, 0.1) is 0 Å². The summed E-state index contributed by atoms with van der Waals surface area (Å²) in [6.45, 7) is 9.85. The van der Waals surface area contributed by atoms with Gasteiger partial charge in [-0.05, 0) is 31.9 Å². The van der Waals surface area contributed by atoms with Gasteiger partial charge >= 0.3 is 7.60 Å². The predicted molar refractivity (Wildman–Crippen MR) is 81.0 cm³/mol. The van der Waals surface area contributed by atoms with Gasteiger partial charge in [0.1, 0.15) is 0 Å². The Morgan fingerprint density at radius 1 is 1.21 bits per heavy atom. The molecule has 0 amide bonds. The number of hydrogen-bond donors (Lipinski definition) is 0. The van der Waals surface area contributed by atoms with Crippen LogP contribution in [0.15, 0.2) is 36.9 Å². The maximum atomic E-state index is 12.8. The summed E-state index contributed by atoms with van der Waals surface area (Å²) in [7, 11) is -3.24. The van der Waals surface area contributed by atoms with Crippen LogP contribution >= 0.6 is 7.60 Å². The molecule has 0 radical (unpaired) electrons. The summed E-state index contributed by atoms with van der Waals surface area (Å²) in [5.74, 6) is 0. The Balaban J connectivity index is 3.16. The second kappa shape index (κ2) is 7.44. The van der Waals surface area contributed by atoms with Gasteiger partial charge in [0.05, 0.1) is 18.5 Å². The Morgan fingerprint density at radius 3 is 2.11 bits per heavy atom. The molecule has 1 aromatic rings. The summed E-state index contributed by atoms with van der Waals surface area (Å²) in [6, 6.07) is 7.65. The van der Waals surface area contributed by atoms with E-state index in [4.69, 9.17) is 9.05 Å². The highest BCUT2D eigenvalue weighted by molar-refractivity contribution is 7.65. The van der Waals surface area contributed by atoms with Crippen molar-refractivity contribution in [1.29, 1.82) is 0 Å². The molecule has 1 rings (SSSR count). The number of benzene rings is 1. The van der Waals surface area contributed by atoms with Crippen LogP contribution in [0.1, 0.15) is 31.9 Å². The molecular formula is C15H21O3P. The van der Waals surface area contributed by atoms with Gasteiger partial charge in [0, 0.05) is 0 Å². The monoisotopic (exact) mass is 280 g/mol. The number of rotatable bonds is 7. The second-order valence-electron chi connectivity index (χ2n) is 3.83. The van der Waals surface area contributed by atoms with E-state index in [1.807, 2.05) is 31.2 Å². The van der Waals surface area contributed by atoms with Crippen LogP contribution in [0.5, 0.6) is 0 Å². The summed E-state index contributed by atoms with van der Waals surface area (Å²) in [5.41, 5.74) is 1.86. The van der Waals surface area contributed by atoms with Crippen molar-refractivity contribution in [3.8, 4) is 0 Å². The Labute approximate surface area is 115 Å². The third-order valence-corrected chi connectivity index (χ3v) is 4.91. The van der Waals surface area contributed by atoms with Gasteiger partial charge in [-0.3, -0.25) is 4.57 Å². The molecule has 19 heavy (non-hydrogen) atoms. The standard InChI is InChI=1S/C15H21O3P/c1-5-13-9-11-14(12-10-13)15(6-2)19(16,17-7-3)18-8-4/h5-6,9-12H,1,7-8H2,2-4H3/b15-6+. The lowest BCUT2D eigenvalue weighted by Crippen LogP contribution is -1.98. The molecule has 104 valence electrons. The lowest BCUT2D eigenvalue weighted by molar-refractivity contribution is 0.230. The lowest BCUT2D eigenvalue weighted by Gasteiger charge is -2.20. The van der Waals surface area contributed by atoms with Gasteiger partial charge in [0.2, 0.25) is 0 Å². The summed E-state index contributed by atoms with van der Waals surface area (Å²) >= 11 is 0. The second-order valence-corrected chi connectivity index (χ2v) is 5.83. The van der Waals surface area contributed by atoms with E-state index in [1.165, 1.54) is 0 Å². The largest absolute Gasteiger partial charge is 0.361 e. The molecule has 0 atom stereocenters. The van der Waals surface area contributed by atoms with Crippen LogP contribution in [0.3, 0.4) is 0 Å². The number of allylic oxidation sites excluding steroid dienone is 1. The van der Waals surface area contributed by atoms with Crippen molar-refractivity contribution in [3.05, 3.63) is 48.0 Å². The maximum Gasteiger partial charge on any atom is 0.361 e. The molecular weight excluding hydrogens is 259 g/mol. The molecule has 0 aromatic heterocycles. The molecule has 1 aromatic carbocycles. The smallest absolute Gasteiger partial charge is 0.305 e. The minimum absolute atomic E-state index is 0.347. The third-order valence-electron chi connectivity index (χ3n) is 2.61. The maximum absolute atomic E-state index is 12.8. The van der Waals surface area contributed by atoms with Crippen LogP contribution in [-0.2, 0) is 13.6 Å². The highest BCUT2D eigenvalue weighted by atomic mass is 31.2. The van der Waals surface area contributed by atoms with Gasteiger partial charge in [-0.2, -0.15) is 0 Å². The van der Waals surface area contributed by atoms with Crippen LogP contribution in [-0.4, -0.2) is 13.2 Å². The van der Waals surface area contributed by atoms with Gasteiger partial charge in [-0.15, -0.1) is 0 Å². The van der Waals surface area contributed by atoms with Gasteiger partial charge < -0.3 is 9.05 Å². The minimum Gasteiger partial charge on any atom is -0.305 e. The molecule has 0 spiro atoms. The SMILES string of the molecule is C=Cc1ccc(/C(=C\C)P(=O)(OCC)OCC)cc1. The Bertz CT molecular complexity index is 479. The van der Waals surface area contributed by atoms with E-state index in [0.29, 0.717) is 18.5 Å². The molecule has 0 heterocycles. The van der Waals surface area contributed by atoms with Crippen LogP contribution in [0.25, 0.3) is 11.4 Å². The molecule has 0 unspecified atom stereocenters. The van der Waals surface area contributed by atoms with Crippen LogP contribution in [0.2, 0.25) is 0 Å². The first-order chi connectivity index (χ1) is 9.11. The average Bonchev–Trinajstić information content (AvgIpc) is 2.40. The molecule has 0 bridgehead atoms. The van der Waals surface area contributed by atoms with Crippen molar-refractivity contribution in [2.24, 2.45) is 0 Å². The highest BCUT2D eigenvalue weighted by Gasteiger charge is 2.29. The molecule has 0 aliphatic carbocycles. The quantitative estimate of drug-likeness (QED) is 0.662. The third kappa shape index (κ3) is 3.90. The molecule has 0 N–H and O–H groups in total. The fourth-order valence-corrected chi connectivity index (χ4v) is 3.60. The van der Waals surface area contributed by atoms with Crippen molar-refractivity contribution >= 4 is 19.0 Å². The molecule has 0 saturated carbocycles. The Kier molecular flexibility index (Phi) is 6.23. The van der Waals surface area contributed by atoms with Gasteiger partial charge in [-0.1, -0.05) is 43.0 Å². The average molecular weight is 280 g/mol. The first kappa shape index (κ1) is 15.9. The fourth-order valence-electron chi connectivity index (χ4n) is 1.79. The van der Waals surface area contributed by atoms with E-state index in [9.17, 15) is 4.57 Å². The summed E-state index contributed by atoms with van der Waals surface area (Å²) in [5, 5.41) is 0.604. The zero-order valence-electron chi connectivity index (χ0n) is 11.8. The Morgan fingerprint density at radius 2 is 1.74 bits per heavy atom. The topological polar surface area (TPSA) is 35.5 Å². The minimum atomic E-state index is -3.24. The predicted octanol–water partition coefficient (Wildman–Crippen LogP) is 4.96. The molecule has 4 heteroatoms. The zero-order valence-corrected chi connectivity index (χ0v) is 12.7. The summed E-state index contributed by atoms with van der Waals surface area (Å²) in [6.07, 6.45) is 3.55. The van der Waals surface area contributed by atoms with Crippen molar-refractivity contribution in [2.45, 2.75) is 20.8 Å². The van der Waals surface area contributed by atoms with Gasteiger partial charge in [0.15, 0.2) is 0 Å². The molecule has 0 aliphatic heterocycles. The first-order valence-corrected chi connectivity index (χ1v) is 7.94. The van der Waals surface area contributed by atoms with E-state index in [1.54, 1.807) is 26.0 Å². The lowest BCUT2D eigenvalue weighted by atomic mass is 10.1. The van der Waals surface area contributed by atoms with E-state index in [0.717, 1.165) is 11.1 Å². The van der Waals surface area contributed by atoms with Gasteiger partial charge in [-0.25, -0.2) is 0 Å². The zero-order chi connectivity index (χ0) is 14.3. The molecule has 3 nitrogen and oxygen atoms in total. The summed E-state index contributed by atoms with van der Waals surface area (Å²) < 4.78 is 23.5. The Hall–Kier alpha value is -1.15. The van der Waals surface area contributed by atoms with Crippen molar-refractivity contribution in [3.63, 3.8) is 0 Å². The first-order valence-electron chi connectivity index (χ1n) is 6.40. The van der Waals surface area contributed by atoms with Gasteiger partial charge in [0.25, 0.3) is 0 Å². The van der Waals surface area contributed by atoms with Crippen molar-refractivity contribution < 1.29 is 13.6 Å². The van der Waals surface area contributed by atoms with Crippen LogP contribution in [0.4, 0.5) is 0 Å². The van der Waals surface area contributed by atoms with Crippen molar-refractivity contribution in [2.75, 3.05) is 13.2 Å². The molecule has 0 saturated heterocycles. The summed E-state index contributed by atoms with van der Waals surface area (Å²) in [4.78, 5) is 0. The normalized spacial score (nSPS) is 12.5. The van der Waals surface area contributed by atoms with E-state index in [-0.39, 0.29) is 0 Å². The van der Waals surface area contributed by atoms with E-state index in [2.05, 4.69) is 6.58 Å². The fraction of sp³-hybridized carbons (Fsp3) is 0.333.